The zero-order valence-corrected chi connectivity index (χ0v) is 20.7. The van der Waals surface area contributed by atoms with Gasteiger partial charge in [-0.25, -0.2) is 9.18 Å². The molecule has 0 bridgehead atoms. The number of anilines is 1. The molecule has 2 aliphatic rings. The van der Waals surface area contributed by atoms with Gasteiger partial charge >= 0.3 is 5.69 Å². The van der Waals surface area contributed by atoms with Gasteiger partial charge in [0.2, 0.25) is 0 Å². The Morgan fingerprint density at radius 1 is 1.19 bits per heavy atom. The molecule has 0 radical (unpaired) electrons. The smallest absolute Gasteiger partial charge is 0.350 e. The molecule has 1 unspecified atom stereocenters. The molecular formula is C26H32FN5O4. The second-order valence-electron chi connectivity index (χ2n) is 10.5. The lowest BCUT2D eigenvalue weighted by molar-refractivity contribution is 0.185. The highest BCUT2D eigenvalue weighted by molar-refractivity contribution is 5.91. The van der Waals surface area contributed by atoms with Crippen molar-refractivity contribution in [3.05, 3.63) is 63.1 Å². The van der Waals surface area contributed by atoms with E-state index in [0.717, 1.165) is 24.7 Å². The van der Waals surface area contributed by atoms with E-state index in [-0.39, 0.29) is 45.8 Å². The number of nitrogens with two attached hydrogens (primary N) is 2. The Bertz CT molecular complexity index is 1410. The highest BCUT2D eigenvalue weighted by Crippen LogP contribution is 2.46. The molecule has 2 aromatic carbocycles. The third kappa shape index (κ3) is 3.99. The summed E-state index contributed by atoms with van der Waals surface area (Å²) in [7, 11) is 1.42. The molecule has 2 atom stereocenters. The van der Waals surface area contributed by atoms with Crippen molar-refractivity contribution in [2.24, 2.45) is 17.1 Å². The number of para-hydroxylation sites is 1. The fourth-order valence-electron chi connectivity index (χ4n) is 5.47. The van der Waals surface area contributed by atoms with E-state index in [1.54, 1.807) is 0 Å². The van der Waals surface area contributed by atoms with E-state index in [1.807, 2.05) is 35.2 Å². The fraction of sp³-hybridized carbons (Fsp3) is 0.462. The van der Waals surface area contributed by atoms with Crippen LogP contribution in [0.5, 0.6) is 11.5 Å². The van der Waals surface area contributed by atoms with E-state index in [2.05, 4.69) is 13.8 Å². The largest absolute Gasteiger partial charge is 0.492 e. The number of nitrogens with zero attached hydrogens (tertiary/aromatic N) is 3. The normalized spacial score (nSPS) is 20.0. The molecule has 9 nitrogen and oxygen atoms in total. The maximum absolute atomic E-state index is 15.7. The first-order valence-corrected chi connectivity index (χ1v) is 12.1. The molecule has 4 N–H and O–H groups in total. The molecular weight excluding hydrogens is 465 g/mol. The molecule has 192 valence electrons. The summed E-state index contributed by atoms with van der Waals surface area (Å²) in [6.07, 6.45) is 1.55. The van der Waals surface area contributed by atoms with Crippen LogP contribution < -0.4 is 37.2 Å². The summed E-state index contributed by atoms with van der Waals surface area (Å²) in [5, 5.41) is 0.0186. The highest BCUT2D eigenvalue weighted by Gasteiger charge is 2.44. The van der Waals surface area contributed by atoms with Crippen molar-refractivity contribution in [3.63, 3.8) is 0 Å². The average Bonchev–Trinajstić information content (AvgIpc) is 3.64. The Hall–Kier alpha value is -3.53. The van der Waals surface area contributed by atoms with Gasteiger partial charge in [0.15, 0.2) is 11.6 Å². The van der Waals surface area contributed by atoms with Crippen LogP contribution in [0.2, 0.25) is 0 Å². The van der Waals surface area contributed by atoms with E-state index in [1.165, 1.54) is 11.7 Å². The molecule has 1 aliphatic carbocycles. The van der Waals surface area contributed by atoms with Gasteiger partial charge in [-0.2, -0.15) is 4.68 Å². The van der Waals surface area contributed by atoms with Crippen molar-refractivity contribution >= 4 is 16.6 Å². The molecule has 2 fully saturated rings. The van der Waals surface area contributed by atoms with Crippen LogP contribution in [0.25, 0.3) is 10.9 Å². The van der Waals surface area contributed by atoms with Crippen molar-refractivity contribution < 1.29 is 13.9 Å². The first kappa shape index (κ1) is 24.2. The molecule has 1 aromatic heterocycles. The summed E-state index contributed by atoms with van der Waals surface area (Å²) >= 11 is 0. The molecule has 1 saturated heterocycles. The van der Waals surface area contributed by atoms with Gasteiger partial charge in [-0.05, 0) is 36.5 Å². The van der Waals surface area contributed by atoms with E-state index in [4.69, 9.17) is 21.1 Å². The van der Waals surface area contributed by atoms with Gasteiger partial charge in [-0.15, -0.1) is 0 Å². The molecule has 10 heteroatoms. The minimum absolute atomic E-state index is 0.0105. The van der Waals surface area contributed by atoms with Gasteiger partial charge < -0.3 is 25.9 Å². The van der Waals surface area contributed by atoms with Crippen molar-refractivity contribution in [1.29, 1.82) is 0 Å². The number of fused-ring (bicyclic) bond motifs is 1. The van der Waals surface area contributed by atoms with Crippen LogP contribution in [0.3, 0.4) is 0 Å². The number of aromatic nitrogens is 2. The van der Waals surface area contributed by atoms with Gasteiger partial charge in [0, 0.05) is 31.1 Å². The van der Waals surface area contributed by atoms with Crippen molar-refractivity contribution in [2.45, 2.75) is 38.8 Å². The molecule has 1 aliphatic heterocycles. The summed E-state index contributed by atoms with van der Waals surface area (Å²) < 4.78 is 29.3. The standard InChI is InChI=1S/C26H32FN5O4/c1-26(2)14-30(12-18(26)20(28)13-36-16-7-5-4-6-8-16)22-19(27)11-17-21(23(22)35-3)31(15-9-10-15)25(34)32(29)24(17)33/h4-8,11,15,18,20H,9-10,12-14,28-29H2,1-3H3/t18?,20-/m1/s1. The number of ether oxygens (including phenoxy) is 2. The maximum atomic E-state index is 15.7. The zero-order valence-electron chi connectivity index (χ0n) is 20.7. The molecule has 2 heterocycles. The zero-order chi connectivity index (χ0) is 25.8. The average molecular weight is 498 g/mol. The van der Waals surface area contributed by atoms with Crippen molar-refractivity contribution in [1.82, 2.24) is 9.24 Å². The van der Waals surface area contributed by atoms with Gasteiger partial charge in [0.25, 0.3) is 5.56 Å². The van der Waals surface area contributed by atoms with Crippen LogP contribution in [0.1, 0.15) is 32.7 Å². The van der Waals surface area contributed by atoms with Crippen LogP contribution in [0.4, 0.5) is 10.1 Å². The van der Waals surface area contributed by atoms with Crippen LogP contribution >= 0.6 is 0 Å². The second kappa shape index (κ2) is 8.85. The third-order valence-corrected chi connectivity index (χ3v) is 7.44. The number of hydrogen-bond acceptors (Lipinski definition) is 7. The van der Waals surface area contributed by atoms with Crippen LogP contribution in [-0.2, 0) is 0 Å². The quantitative estimate of drug-likeness (QED) is 0.481. The van der Waals surface area contributed by atoms with Crippen LogP contribution in [-0.4, -0.2) is 42.1 Å². The Balaban J connectivity index is 1.54. The lowest BCUT2D eigenvalue weighted by Gasteiger charge is -2.30. The molecule has 36 heavy (non-hydrogen) atoms. The number of benzene rings is 2. The van der Waals surface area contributed by atoms with E-state index >= 15 is 4.39 Å². The third-order valence-electron chi connectivity index (χ3n) is 7.44. The van der Waals surface area contributed by atoms with E-state index < -0.39 is 17.1 Å². The predicted molar refractivity (Wildman–Crippen MR) is 137 cm³/mol. The van der Waals surface area contributed by atoms with Crippen molar-refractivity contribution in [2.75, 3.05) is 37.5 Å². The molecule has 0 amide bonds. The monoisotopic (exact) mass is 497 g/mol. The molecule has 0 spiro atoms. The highest BCUT2D eigenvalue weighted by atomic mass is 19.1. The number of methoxy groups -OCH3 is 1. The lowest BCUT2D eigenvalue weighted by atomic mass is 9.78. The minimum atomic E-state index is -0.754. The van der Waals surface area contributed by atoms with Crippen molar-refractivity contribution in [3.8, 4) is 11.5 Å². The number of halogens is 1. The SMILES string of the molecule is COc1c(N2CC([C@H](N)COc3ccccc3)C(C)(C)C2)c(F)cc2c(=O)n(N)c(=O)n(C3CC3)c12. The summed E-state index contributed by atoms with van der Waals surface area (Å²) in [5.74, 6) is 6.03. The number of nitrogen functional groups attached to an aromatic ring is 1. The van der Waals surface area contributed by atoms with E-state index in [0.29, 0.717) is 24.4 Å². The Morgan fingerprint density at radius 2 is 1.89 bits per heavy atom. The second-order valence-corrected chi connectivity index (χ2v) is 10.5. The maximum Gasteiger partial charge on any atom is 0.350 e. The fourth-order valence-corrected chi connectivity index (χ4v) is 5.47. The van der Waals surface area contributed by atoms with E-state index in [9.17, 15) is 9.59 Å². The van der Waals surface area contributed by atoms with Crippen LogP contribution in [0, 0.1) is 17.2 Å². The first-order valence-electron chi connectivity index (χ1n) is 12.1. The lowest BCUT2D eigenvalue weighted by Crippen LogP contribution is -2.44. The Morgan fingerprint density at radius 3 is 2.53 bits per heavy atom. The van der Waals surface area contributed by atoms with Gasteiger partial charge in [0.1, 0.15) is 23.6 Å². The summed E-state index contributed by atoms with van der Waals surface area (Å²) in [4.78, 5) is 27.6. The Kier molecular flexibility index (Phi) is 5.94. The summed E-state index contributed by atoms with van der Waals surface area (Å²) in [6, 6.07) is 10.2. The van der Waals surface area contributed by atoms with Gasteiger partial charge in [-0.3, -0.25) is 9.36 Å². The predicted octanol–water partition coefficient (Wildman–Crippen LogP) is 2.23. The Labute approximate surface area is 208 Å². The molecule has 3 aromatic rings. The van der Waals surface area contributed by atoms with Crippen LogP contribution in [0.15, 0.2) is 46.0 Å². The van der Waals surface area contributed by atoms with Gasteiger partial charge in [0.05, 0.1) is 12.5 Å². The van der Waals surface area contributed by atoms with Gasteiger partial charge in [-0.1, -0.05) is 32.0 Å². The molecule has 1 saturated carbocycles. The number of hydrogen-bond donors (Lipinski definition) is 2. The summed E-state index contributed by atoms with van der Waals surface area (Å²) in [6.45, 7) is 5.49. The first-order chi connectivity index (χ1) is 17.1. The minimum Gasteiger partial charge on any atom is -0.492 e. The molecule has 5 rings (SSSR count). The number of rotatable bonds is 7. The topological polar surface area (TPSA) is 118 Å². The summed E-state index contributed by atoms with van der Waals surface area (Å²) in [5.41, 5.74) is 5.45.